The van der Waals surface area contributed by atoms with Gasteiger partial charge >= 0.3 is 0 Å². The van der Waals surface area contributed by atoms with E-state index in [9.17, 15) is 4.79 Å². The Balaban J connectivity index is 2.13. The summed E-state index contributed by atoms with van der Waals surface area (Å²) in [5, 5.41) is 6.42. The van der Waals surface area contributed by atoms with E-state index < -0.39 is 0 Å². The van der Waals surface area contributed by atoms with Crippen LogP contribution in [0.25, 0.3) is 0 Å². The van der Waals surface area contributed by atoms with Gasteiger partial charge in [-0.1, -0.05) is 0 Å². The number of rotatable bonds is 1. The minimum Gasteiger partial charge on any atom is -0.382 e. The standard InChI is InChI=1S/C10H16N4O/c1-7-4-2-3-5-14(7)10(15)8-6-9(11)13-12-8/h6-7H,2-5H2,1H3,(H3,11,12,13). The Hall–Kier alpha value is -1.52. The monoisotopic (exact) mass is 208 g/mol. The van der Waals surface area contributed by atoms with E-state index in [-0.39, 0.29) is 5.91 Å². The molecular weight excluding hydrogens is 192 g/mol. The van der Waals surface area contributed by atoms with Crippen molar-refractivity contribution in [3.8, 4) is 0 Å². The zero-order valence-corrected chi connectivity index (χ0v) is 8.86. The maximum absolute atomic E-state index is 12.0. The van der Waals surface area contributed by atoms with Gasteiger partial charge in [-0.15, -0.1) is 0 Å². The third-order valence-electron chi connectivity index (χ3n) is 2.89. The predicted octanol–water partition coefficient (Wildman–Crippen LogP) is 1.01. The molecule has 0 aromatic carbocycles. The molecule has 5 nitrogen and oxygen atoms in total. The first-order valence-corrected chi connectivity index (χ1v) is 5.30. The Morgan fingerprint density at radius 3 is 3.07 bits per heavy atom. The fourth-order valence-electron chi connectivity index (χ4n) is 2.00. The molecule has 0 aliphatic carbocycles. The van der Waals surface area contributed by atoms with Crippen LogP contribution in [0.3, 0.4) is 0 Å². The molecule has 1 amide bonds. The summed E-state index contributed by atoms with van der Waals surface area (Å²) in [6.07, 6.45) is 3.37. The smallest absolute Gasteiger partial charge is 0.272 e. The molecule has 2 heterocycles. The van der Waals surface area contributed by atoms with Gasteiger partial charge in [0.05, 0.1) is 0 Å². The van der Waals surface area contributed by atoms with Gasteiger partial charge in [-0.3, -0.25) is 9.89 Å². The van der Waals surface area contributed by atoms with Crippen molar-refractivity contribution in [2.24, 2.45) is 0 Å². The van der Waals surface area contributed by atoms with E-state index in [4.69, 9.17) is 5.73 Å². The second-order valence-electron chi connectivity index (χ2n) is 4.05. The number of nitrogens with zero attached hydrogens (tertiary/aromatic N) is 2. The lowest BCUT2D eigenvalue weighted by atomic mass is 10.0. The molecule has 0 spiro atoms. The summed E-state index contributed by atoms with van der Waals surface area (Å²) in [4.78, 5) is 13.9. The van der Waals surface area contributed by atoms with Gasteiger partial charge in [-0.2, -0.15) is 5.10 Å². The number of nitrogens with two attached hydrogens (primary N) is 1. The summed E-state index contributed by atoms with van der Waals surface area (Å²) in [6.45, 7) is 2.91. The molecule has 1 aliphatic rings. The highest BCUT2D eigenvalue weighted by Crippen LogP contribution is 2.18. The number of carbonyl (C=O) groups excluding carboxylic acids is 1. The van der Waals surface area contributed by atoms with Crippen molar-refractivity contribution >= 4 is 11.7 Å². The molecule has 82 valence electrons. The van der Waals surface area contributed by atoms with Gasteiger partial charge in [0, 0.05) is 18.7 Å². The molecule has 15 heavy (non-hydrogen) atoms. The van der Waals surface area contributed by atoms with Crippen molar-refractivity contribution < 1.29 is 4.79 Å². The van der Waals surface area contributed by atoms with Gasteiger partial charge in [0.15, 0.2) is 0 Å². The first kappa shape index (κ1) is 10.0. The van der Waals surface area contributed by atoms with Crippen LogP contribution >= 0.6 is 0 Å². The third-order valence-corrected chi connectivity index (χ3v) is 2.89. The first-order valence-electron chi connectivity index (χ1n) is 5.30. The lowest BCUT2D eigenvalue weighted by Crippen LogP contribution is -2.42. The summed E-state index contributed by atoms with van der Waals surface area (Å²) in [5.74, 6) is 0.370. The lowest BCUT2D eigenvalue weighted by Gasteiger charge is -2.32. The fraction of sp³-hybridized carbons (Fsp3) is 0.600. The van der Waals surface area contributed by atoms with E-state index in [0.29, 0.717) is 17.6 Å². The lowest BCUT2D eigenvalue weighted by molar-refractivity contribution is 0.0629. The van der Waals surface area contributed by atoms with Gasteiger partial charge in [0.2, 0.25) is 0 Å². The van der Waals surface area contributed by atoms with Crippen molar-refractivity contribution in [2.75, 3.05) is 12.3 Å². The third kappa shape index (κ3) is 1.95. The number of amides is 1. The molecule has 0 radical (unpaired) electrons. The topological polar surface area (TPSA) is 75.0 Å². The normalized spacial score (nSPS) is 21.7. The number of hydrogen-bond acceptors (Lipinski definition) is 3. The number of piperidine rings is 1. The summed E-state index contributed by atoms with van der Waals surface area (Å²) >= 11 is 0. The quantitative estimate of drug-likeness (QED) is 0.723. The molecule has 0 bridgehead atoms. The molecule has 5 heteroatoms. The van der Waals surface area contributed by atoms with Crippen LogP contribution in [-0.4, -0.2) is 33.6 Å². The average Bonchev–Trinajstić information content (AvgIpc) is 2.65. The number of anilines is 1. The van der Waals surface area contributed by atoms with Crippen LogP contribution in [0.4, 0.5) is 5.82 Å². The van der Waals surface area contributed by atoms with E-state index in [1.807, 2.05) is 4.90 Å². The largest absolute Gasteiger partial charge is 0.382 e. The highest BCUT2D eigenvalue weighted by atomic mass is 16.2. The van der Waals surface area contributed by atoms with Crippen LogP contribution in [0, 0.1) is 0 Å². The number of carbonyl (C=O) groups is 1. The number of likely N-dealkylation sites (tertiary alicyclic amines) is 1. The van der Waals surface area contributed by atoms with Crippen molar-refractivity contribution in [2.45, 2.75) is 32.2 Å². The number of aromatic amines is 1. The Morgan fingerprint density at radius 1 is 1.67 bits per heavy atom. The maximum atomic E-state index is 12.0. The van der Waals surface area contributed by atoms with Crippen molar-refractivity contribution in [1.29, 1.82) is 0 Å². The molecule has 1 fully saturated rings. The van der Waals surface area contributed by atoms with Crippen LogP contribution in [0.15, 0.2) is 6.07 Å². The van der Waals surface area contributed by atoms with Crippen LogP contribution in [0.2, 0.25) is 0 Å². The summed E-state index contributed by atoms with van der Waals surface area (Å²) in [7, 11) is 0. The molecule has 1 aromatic heterocycles. The van der Waals surface area contributed by atoms with E-state index in [1.54, 1.807) is 6.07 Å². The van der Waals surface area contributed by atoms with Gasteiger partial charge < -0.3 is 10.6 Å². The second-order valence-corrected chi connectivity index (χ2v) is 4.05. The van der Waals surface area contributed by atoms with Crippen molar-refractivity contribution in [3.05, 3.63) is 11.8 Å². The fourth-order valence-corrected chi connectivity index (χ4v) is 2.00. The van der Waals surface area contributed by atoms with Crippen molar-refractivity contribution in [1.82, 2.24) is 15.1 Å². The highest BCUT2D eigenvalue weighted by Gasteiger charge is 2.25. The van der Waals surface area contributed by atoms with Crippen LogP contribution < -0.4 is 5.73 Å². The van der Waals surface area contributed by atoms with E-state index in [2.05, 4.69) is 17.1 Å². The SMILES string of the molecule is CC1CCCCN1C(=O)c1cc(N)n[nH]1. The summed E-state index contributed by atoms with van der Waals surface area (Å²) in [5.41, 5.74) is 5.95. The van der Waals surface area contributed by atoms with Crippen LogP contribution in [0.5, 0.6) is 0 Å². The highest BCUT2D eigenvalue weighted by molar-refractivity contribution is 5.93. The second kappa shape index (κ2) is 3.92. The van der Waals surface area contributed by atoms with Crippen LogP contribution in [-0.2, 0) is 0 Å². The van der Waals surface area contributed by atoms with Gasteiger partial charge in [-0.05, 0) is 26.2 Å². The van der Waals surface area contributed by atoms with Crippen molar-refractivity contribution in [3.63, 3.8) is 0 Å². The predicted molar refractivity (Wildman–Crippen MR) is 57.3 cm³/mol. The molecule has 1 unspecified atom stereocenters. The molecule has 1 aromatic rings. The summed E-state index contributed by atoms with van der Waals surface area (Å²) in [6, 6.07) is 1.90. The number of H-pyrrole nitrogens is 1. The molecular formula is C10H16N4O. The average molecular weight is 208 g/mol. The van der Waals surface area contributed by atoms with E-state index in [1.165, 1.54) is 6.42 Å². The molecule has 0 saturated carbocycles. The maximum Gasteiger partial charge on any atom is 0.272 e. The molecule has 1 aliphatic heterocycles. The summed E-state index contributed by atoms with van der Waals surface area (Å²) < 4.78 is 0. The Morgan fingerprint density at radius 2 is 2.47 bits per heavy atom. The number of nitrogen functional groups attached to an aromatic ring is 1. The van der Waals surface area contributed by atoms with Gasteiger partial charge in [-0.25, -0.2) is 0 Å². The zero-order valence-electron chi connectivity index (χ0n) is 8.86. The molecule has 3 N–H and O–H groups in total. The van der Waals surface area contributed by atoms with E-state index in [0.717, 1.165) is 19.4 Å². The molecule has 2 rings (SSSR count). The molecule has 1 atom stereocenters. The Kier molecular flexibility index (Phi) is 2.62. The minimum absolute atomic E-state index is 0.00593. The van der Waals surface area contributed by atoms with E-state index >= 15 is 0 Å². The zero-order chi connectivity index (χ0) is 10.8. The van der Waals surface area contributed by atoms with Gasteiger partial charge in [0.1, 0.15) is 11.5 Å². The number of nitrogens with one attached hydrogen (secondary N) is 1. The number of hydrogen-bond donors (Lipinski definition) is 2. The Bertz CT molecular complexity index is 360. The van der Waals surface area contributed by atoms with Crippen LogP contribution in [0.1, 0.15) is 36.7 Å². The molecule has 1 saturated heterocycles. The first-order chi connectivity index (χ1) is 7.18. The van der Waals surface area contributed by atoms with Gasteiger partial charge in [0.25, 0.3) is 5.91 Å². The minimum atomic E-state index is 0.00593. The Labute approximate surface area is 88.6 Å². The number of aromatic nitrogens is 2.